The number of benzene rings is 1. The molecule has 0 amide bonds. The van der Waals surface area contributed by atoms with E-state index in [9.17, 15) is 20.0 Å². The lowest BCUT2D eigenvalue weighted by Crippen LogP contribution is -2.53. The van der Waals surface area contributed by atoms with Gasteiger partial charge in [-0.05, 0) is 26.3 Å². The zero-order chi connectivity index (χ0) is 21.4. The second-order valence-corrected chi connectivity index (χ2v) is 6.72. The molecule has 0 aromatic heterocycles. The monoisotopic (exact) mass is 406 g/mol. The van der Waals surface area contributed by atoms with Gasteiger partial charge >= 0.3 is 0 Å². The van der Waals surface area contributed by atoms with Gasteiger partial charge in [0.2, 0.25) is 0 Å². The SMILES string of the molecule is CCO/C(=C/N[C@@H]1c2cc([N+](=O)[O-])ccc2OC(C)(CC)[C@H]1O)COCC=C=O. The van der Waals surface area contributed by atoms with Gasteiger partial charge < -0.3 is 24.6 Å². The number of rotatable bonds is 10. The van der Waals surface area contributed by atoms with Crippen LogP contribution in [0.15, 0.2) is 36.2 Å². The molecule has 0 spiro atoms. The van der Waals surface area contributed by atoms with Crippen molar-refractivity contribution >= 4 is 11.6 Å². The van der Waals surface area contributed by atoms with Gasteiger partial charge in [-0.2, -0.15) is 0 Å². The fourth-order valence-electron chi connectivity index (χ4n) is 3.03. The predicted octanol–water partition coefficient (Wildman–Crippen LogP) is 2.43. The van der Waals surface area contributed by atoms with E-state index in [1.165, 1.54) is 18.2 Å². The Hall–Kier alpha value is -2.87. The summed E-state index contributed by atoms with van der Waals surface area (Å²) >= 11 is 0. The highest BCUT2D eigenvalue weighted by atomic mass is 16.6. The van der Waals surface area contributed by atoms with Gasteiger partial charge in [0.25, 0.3) is 5.69 Å². The third-order valence-corrected chi connectivity index (χ3v) is 4.81. The molecule has 0 radical (unpaired) electrons. The summed E-state index contributed by atoms with van der Waals surface area (Å²) in [7, 11) is 0. The first-order chi connectivity index (χ1) is 13.9. The molecule has 2 N–H and O–H groups in total. The van der Waals surface area contributed by atoms with E-state index < -0.39 is 22.7 Å². The van der Waals surface area contributed by atoms with Crippen molar-refractivity contribution in [1.82, 2.24) is 5.32 Å². The molecular formula is C20H26N2O7. The summed E-state index contributed by atoms with van der Waals surface area (Å²) in [5.74, 6) is 2.55. The van der Waals surface area contributed by atoms with Crippen LogP contribution in [0.4, 0.5) is 5.69 Å². The number of nitrogens with one attached hydrogen (secondary N) is 1. The largest absolute Gasteiger partial charge is 0.494 e. The van der Waals surface area contributed by atoms with Crippen molar-refractivity contribution in [2.45, 2.75) is 44.9 Å². The molecule has 158 valence electrons. The van der Waals surface area contributed by atoms with Crippen molar-refractivity contribution in [2.75, 3.05) is 19.8 Å². The summed E-state index contributed by atoms with van der Waals surface area (Å²) in [6.07, 6.45) is 2.33. The van der Waals surface area contributed by atoms with Crippen molar-refractivity contribution in [3.05, 3.63) is 51.9 Å². The van der Waals surface area contributed by atoms with Gasteiger partial charge in [-0.15, -0.1) is 0 Å². The Kier molecular flexibility index (Phi) is 7.78. The van der Waals surface area contributed by atoms with Gasteiger partial charge in [0.05, 0.1) is 24.2 Å². The maximum atomic E-state index is 11.2. The molecule has 9 heteroatoms. The Labute approximate surface area is 169 Å². The molecule has 0 aliphatic carbocycles. The lowest BCUT2D eigenvalue weighted by atomic mass is 9.83. The molecule has 29 heavy (non-hydrogen) atoms. The van der Waals surface area contributed by atoms with Crippen LogP contribution in [0.25, 0.3) is 0 Å². The molecule has 9 nitrogen and oxygen atoms in total. The van der Waals surface area contributed by atoms with Gasteiger partial charge in [-0.25, -0.2) is 4.79 Å². The minimum absolute atomic E-state index is 0.0931. The molecule has 1 unspecified atom stereocenters. The second kappa shape index (κ2) is 10.1. The van der Waals surface area contributed by atoms with E-state index in [1.807, 2.05) is 13.8 Å². The van der Waals surface area contributed by atoms with Crippen LogP contribution in [0.1, 0.15) is 38.8 Å². The maximum Gasteiger partial charge on any atom is 0.270 e. The number of nitro groups is 1. The van der Waals surface area contributed by atoms with Crippen molar-refractivity contribution in [1.29, 1.82) is 0 Å². The van der Waals surface area contributed by atoms with Crippen molar-refractivity contribution in [3.63, 3.8) is 0 Å². The molecule has 1 aliphatic rings. The van der Waals surface area contributed by atoms with Crippen molar-refractivity contribution in [3.8, 4) is 5.75 Å². The van der Waals surface area contributed by atoms with Gasteiger partial charge in [0, 0.05) is 30.0 Å². The van der Waals surface area contributed by atoms with Crippen LogP contribution in [-0.2, 0) is 14.3 Å². The molecule has 0 saturated heterocycles. The Morgan fingerprint density at radius 2 is 2.24 bits per heavy atom. The van der Waals surface area contributed by atoms with Gasteiger partial charge in [-0.1, -0.05) is 6.92 Å². The summed E-state index contributed by atoms with van der Waals surface area (Å²) in [6.45, 7) is 6.09. The number of hydrogen-bond acceptors (Lipinski definition) is 8. The van der Waals surface area contributed by atoms with Gasteiger partial charge in [0.15, 0.2) is 0 Å². The first kappa shape index (κ1) is 22.4. The number of carbonyl (C=O) groups excluding carboxylic acids is 1. The molecular weight excluding hydrogens is 380 g/mol. The van der Waals surface area contributed by atoms with E-state index in [1.54, 1.807) is 25.1 Å². The quantitative estimate of drug-likeness (QED) is 0.200. The fraction of sp³-hybridized carbons (Fsp3) is 0.500. The minimum atomic E-state index is -0.972. The van der Waals surface area contributed by atoms with Gasteiger partial charge in [0.1, 0.15) is 35.8 Å². The molecule has 2 rings (SSSR count). The van der Waals surface area contributed by atoms with Crippen molar-refractivity contribution in [2.24, 2.45) is 0 Å². The average molecular weight is 406 g/mol. The van der Waals surface area contributed by atoms with Crippen LogP contribution in [0, 0.1) is 10.1 Å². The van der Waals surface area contributed by atoms with E-state index >= 15 is 0 Å². The zero-order valence-corrected chi connectivity index (χ0v) is 16.7. The first-order valence-electron chi connectivity index (χ1n) is 9.36. The topological polar surface area (TPSA) is 120 Å². The zero-order valence-electron chi connectivity index (χ0n) is 16.7. The fourth-order valence-corrected chi connectivity index (χ4v) is 3.03. The second-order valence-electron chi connectivity index (χ2n) is 6.72. The summed E-state index contributed by atoms with van der Waals surface area (Å²) < 4.78 is 16.8. The average Bonchev–Trinajstić information content (AvgIpc) is 2.71. The lowest BCUT2D eigenvalue weighted by molar-refractivity contribution is -0.385. The lowest BCUT2D eigenvalue weighted by Gasteiger charge is -2.43. The van der Waals surface area contributed by atoms with E-state index in [0.717, 1.165) is 0 Å². The molecule has 1 heterocycles. The Morgan fingerprint density at radius 1 is 1.48 bits per heavy atom. The molecule has 0 fully saturated rings. The number of nitrogens with zero attached hydrogens (tertiary/aromatic N) is 1. The number of non-ortho nitro benzene ring substituents is 1. The molecule has 1 aromatic carbocycles. The standard InChI is InChI=1S/C20H26N2O7/c1-4-20(3)19(24)18(16-11-14(22(25)26)7-8-17(16)29-20)21-12-15(28-5-2)13-27-10-6-9-23/h6-8,11-12,18-19,21,24H,4-5,10,13H2,1-3H3/b15-12+/t18-,19+,20?/m1/s1. The summed E-state index contributed by atoms with van der Waals surface area (Å²) in [6, 6.07) is 3.66. The van der Waals surface area contributed by atoms with Crippen LogP contribution in [0.5, 0.6) is 5.75 Å². The normalized spacial score (nSPS) is 23.4. The maximum absolute atomic E-state index is 11.2. The highest BCUT2D eigenvalue weighted by Gasteiger charge is 2.45. The molecule has 0 saturated carbocycles. The number of aliphatic hydroxyl groups is 1. The van der Waals surface area contributed by atoms with Crippen LogP contribution in [0.3, 0.4) is 0 Å². The first-order valence-corrected chi connectivity index (χ1v) is 9.36. The number of ether oxygens (including phenoxy) is 3. The Morgan fingerprint density at radius 3 is 2.86 bits per heavy atom. The number of aliphatic hydroxyl groups excluding tert-OH is 1. The molecule has 0 bridgehead atoms. The summed E-state index contributed by atoms with van der Waals surface area (Å²) in [5, 5.41) is 25.2. The Bertz CT molecular complexity index is 804. The Balaban J connectivity index is 2.33. The third-order valence-electron chi connectivity index (χ3n) is 4.81. The van der Waals surface area contributed by atoms with Crippen LogP contribution >= 0.6 is 0 Å². The van der Waals surface area contributed by atoms with E-state index in [-0.39, 0.29) is 18.9 Å². The number of nitro benzene ring substituents is 1. The summed E-state index contributed by atoms with van der Waals surface area (Å²) in [5.41, 5.74) is -0.481. The van der Waals surface area contributed by atoms with Crippen LogP contribution < -0.4 is 10.1 Å². The van der Waals surface area contributed by atoms with E-state index in [0.29, 0.717) is 30.1 Å². The highest BCUT2D eigenvalue weighted by molar-refractivity contribution is 5.48. The predicted molar refractivity (Wildman–Crippen MR) is 105 cm³/mol. The molecule has 3 atom stereocenters. The highest BCUT2D eigenvalue weighted by Crippen LogP contribution is 2.42. The smallest absolute Gasteiger partial charge is 0.270 e. The van der Waals surface area contributed by atoms with E-state index in [2.05, 4.69) is 5.32 Å². The summed E-state index contributed by atoms with van der Waals surface area (Å²) in [4.78, 5) is 20.9. The van der Waals surface area contributed by atoms with Crippen LogP contribution in [0.2, 0.25) is 0 Å². The minimum Gasteiger partial charge on any atom is -0.494 e. The third kappa shape index (κ3) is 5.35. The molecule has 1 aromatic rings. The van der Waals surface area contributed by atoms with Crippen LogP contribution in [-0.4, -0.2) is 47.5 Å². The number of hydrogen-bond donors (Lipinski definition) is 2. The number of fused-ring (bicyclic) bond motifs is 1. The molecule has 1 aliphatic heterocycles. The van der Waals surface area contributed by atoms with Gasteiger partial charge in [-0.3, -0.25) is 10.1 Å². The van der Waals surface area contributed by atoms with Crippen molar-refractivity contribution < 1.29 is 29.0 Å². The van der Waals surface area contributed by atoms with E-state index in [4.69, 9.17) is 14.2 Å².